The van der Waals surface area contributed by atoms with Gasteiger partial charge in [-0.25, -0.2) is 9.78 Å². The summed E-state index contributed by atoms with van der Waals surface area (Å²) >= 11 is 0. The number of carboxylic acid groups (broad SMARTS) is 1. The number of carboxylic acids is 1. The van der Waals surface area contributed by atoms with Crippen molar-refractivity contribution in [3.05, 3.63) is 47.7 Å². The summed E-state index contributed by atoms with van der Waals surface area (Å²) in [5, 5.41) is 9.16. The zero-order valence-electron chi connectivity index (χ0n) is 14.6. The molecule has 2 aliphatic heterocycles. The van der Waals surface area contributed by atoms with Crippen LogP contribution in [0.5, 0.6) is 5.75 Å². The van der Waals surface area contributed by atoms with Crippen molar-refractivity contribution in [2.45, 2.75) is 13.0 Å². The first-order valence-electron chi connectivity index (χ1n) is 7.85. The number of imidazole rings is 1. The first-order valence-corrected chi connectivity index (χ1v) is 7.85. The maximum atomic E-state index is 11.2. The molecule has 2 aliphatic rings. The van der Waals surface area contributed by atoms with Gasteiger partial charge in [0.15, 0.2) is 5.82 Å². The summed E-state index contributed by atoms with van der Waals surface area (Å²) in [6.45, 7) is 2.02. The molecular formula is C18H20N4O3. The fourth-order valence-corrected chi connectivity index (χ4v) is 2.79. The molecule has 0 aliphatic carbocycles. The van der Waals surface area contributed by atoms with Crippen LogP contribution in [0.3, 0.4) is 0 Å². The molecule has 1 atom stereocenters. The molecule has 1 aromatic rings. The number of carbonyl (C=O) groups is 1. The van der Waals surface area contributed by atoms with Gasteiger partial charge in [-0.1, -0.05) is 6.07 Å². The Bertz CT molecular complexity index is 888. The Morgan fingerprint density at radius 1 is 1.28 bits per heavy atom. The average molecular weight is 340 g/mol. The molecule has 1 N–H and O–H groups in total. The highest BCUT2D eigenvalue weighted by Crippen LogP contribution is 2.33. The minimum Gasteiger partial charge on any atom is -0.496 e. The molecule has 2 heterocycles. The fourth-order valence-electron chi connectivity index (χ4n) is 2.79. The van der Waals surface area contributed by atoms with Gasteiger partial charge in [-0.3, -0.25) is 0 Å². The molecule has 0 fully saturated rings. The Labute approximate surface area is 145 Å². The van der Waals surface area contributed by atoms with Crippen molar-refractivity contribution >= 4 is 11.9 Å². The number of ether oxygens (including phenoxy) is 1. The van der Waals surface area contributed by atoms with E-state index in [9.17, 15) is 4.79 Å². The number of fused-ring (bicyclic) bond motifs is 1. The second kappa shape index (κ2) is 6.43. The van der Waals surface area contributed by atoms with Crippen LogP contribution in [0.4, 0.5) is 5.95 Å². The number of hydrogen-bond donors (Lipinski definition) is 1. The minimum absolute atomic E-state index is 0.104. The van der Waals surface area contributed by atoms with Gasteiger partial charge in [-0.2, -0.15) is 4.98 Å². The van der Waals surface area contributed by atoms with Crippen molar-refractivity contribution in [3.63, 3.8) is 0 Å². The SMILES string of the molecule is COc1cc(C(=O)O)ccc1C(C)n1cccc2nc(N(C)C)nc1-2. The Morgan fingerprint density at radius 3 is 2.68 bits per heavy atom. The van der Waals surface area contributed by atoms with E-state index in [1.165, 1.54) is 13.2 Å². The lowest BCUT2D eigenvalue weighted by Gasteiger charge is -2.21. The predicted octanol–water partition coefficient (Wildman–Crippen LogP) is 2.77. The molecule has 0 radical (unpaired) electrons. The number of pyridine rings is 1. The van der Waals surface area contributed by atoms with Crippen LogP contribution in [0.2, 0.25) is 0 Å². The molecule has 0 saturated heterocycles. The quantitative estimate of drug-likeness (QED) is 0.769. The molecule has 0 spiro atoms. The maximum Gasteiger partial charge on any atom is 0.335 e. The van der Waals surface area contributed by atoms with Crippen LogP contribution in [0.1, 0.15) is 28.9 Å². The van der Waals surface area contributed by atoms with E-state index in [1.54, 1.807) is 12.1 Å². The lowest BCUT2D eigenvalue weighted by atomic mass is 10.0. The number of aromatic carboxylic acids is 1. The van der Waals surface area contributed by atoms with Gasteiger partial charge in [-0.05, 0) is 31.2 Å². The minimum atomic E-state index is -0.982. The van der Waals surface area contributed by atoms with Crippen LogP contribution in [0, 0.1) is 0 Å². The Balaban J connectivity index is 2.08. The standard InChI is InChI=1S/C18H20N4O3/c1-11(13-8-7-12(17(23)24)10-15(13)25-4)22-9-5-6-14-16(22)20-18(19-14)21(2)3/h5-11H,1-4H3,(H,23,24). The van der Waals surface area contributed by atoms with Crippen molar-refractivity contribution in [2.75, 3.05) is 26.1 Å². The number of methoxy groups -OCH3 is 1. The van der Waals surface area contributed by atoms with Crippen molar-refractivity contribution in [1.82, 2.24) is 14.5 Å². The second-order valence-electron chi connectivity index (χ2n) is 5.98. The van der Waals surface area contributed by atoms with E-state index >= 15 is 0 Å². The largest absolute Gasteiger partial charge is 0.496 e. The first-order chi connectivity index (χ1) is 11.9. The van der Waals surface area contributed by atoms with Crippen LogP contribution in [-0.2, 0) is 0 Å². The van der Waals surface area contributed by atoms with Gasteiger partial charge in [0.25, 0.3) is 0 Å². The summed E-state index contributed by atoms with van der Waals surface area (Å²) in [6.07, 6.45) is 1.94. The number of hydrogen-bond acceptors (Lipinski definition) is 5. The third-order valence-corrected chi connectivity index (χ3v) is 4.15. The van der Waals surface area contributed by atoms with Gasteiger partial charge in [-0.15, -0.1) is 0 Å². The van der Waals surface area contributed by atoms with Gasteiger partial charge >= 0.3 is 5.97 Å². The normalized spacial score (nSPS) is 12.2. The summed E-state index contributed by atoms with van der Waals surface area (Å²) < 4.78 is 7.42. The summed E-state index contributed by atoms with van der Waals surface area (Å²) in [7, 11) is 5.33. The highest BCUT2D eigenvalue weighted by Gasteiger charge is 2.21. The summed E-state index contributed by atoms with van der Waals surface area (Å²) in [5.74, 6) is 0.965. The van der Waals surface area contributed by atoms with Crippen molar-refractivity contribution in [1.29, 1.82) is 0 Å². The zero-order valence-corrected chi connectivity index (χ0v) is 14.6. The van der Waals surface area contributed by atoms with E-state index < -0.39 is 5.97 Å². The van der Waals surface area contributed by atoms with E-state index in [-0.39, 0.29) is 11.6 Å². The van der Waals surface area contributed by atoms with E-state index in [1.807, 2.05) is 48.8 Å². The average Bonchev–Trinajstić information content (AvgIpc) is 3.05. The van der Waals surface area contributed by atoms with E-state index in [2.05, 4.69) is 9.97 Å². The molecule has 25 heavy (non-hydrogen) atoms. The highest BCUT2D eigenvalue weighted by molar-refractivity contribution is 5.88. The zero-order chi connectivity index (χ0) is 18.1. The van der Waals surface area contributed by atoms with E-state index in [4.69, 9.17) is 9.84 Å². The first kappa shape index (κ1) is 16.8. The van der Waals surface area contributed by atoms with Crippen LogP contribution < -0.4 is 9.64 Å². The van der Waals surface area contributed by atoms with Crippen molar-refractivity contribution < 1.29 is 14.6 Å². The molecular weight excluding hydrogens is 320 g/mol. The smallest absolute Gasteiger partial charge is 0.335 e. The van der Waals surface area contributed by atoms with Gasteiger partial charge in [0.05, 0.1) is 18.7 Å². The Morgan fingerprint density at radius 2 is 2.04 bits per heavy atom. The molecule has 3 rings (SSSR count). The van der Waals surface area contributed by atoms with Crippen LogP contribution in [0.15, 0.2) is 36.5 Å². The molecule has 0 amide bonds. The van der Waals surface area contributed by atoms with E-state index in [0.29, 0.717) is 11.7 Å². The van der Waals surface area contributed by atoms with Crippen molar-refractivity contribution in [3.8, 4) is 17.3 Å². The number of rotatable bonds is 5. The third-order valence-electron chi connectivity index (χ3n) is 4.15. The topological polar surface area (TPSA) is 80.5 Å². The predicted molar refractivity (Wildman–Crippen MR) is 94.7 cm³/mol. The monoisotopic (exact) mass is 340 g/mol. The summed E-state index contributed by atoms with van der Waals surface area (Å²) in [4.78, 5) is 22.2. The number of aromatic nitrogens is 3. The molecule has 7 heteroatoms. The van der Waals surface area contributed by atoms with Crippen molar-refractivity contribution in [2.24, 2.45) is 0 Å². The Kier molecular flexibility index (Phi) is 4.31. The van der Waals surface area contributed by atoms with Gasteiger partial charge in [0.2, 0.25) is 5.95 Å². The Hall–Kier alpha value is -3.09. The highest BCUT2D eigenvalue weighted by atomic mass is 16.5. The molecule has 7 nitrogen and oxygen atoms in total. The third kappa shape index (κ3) is 3.00. The van der Waals surface area contributed by atoms with Gasteiger partial charge in [0.1, 0.15) is 11.4 Å². The fraction of sp³-hybridized carbons (Fsp3) is 0.278. The number of benzene rings is 1. The number of anilines is 1. The molecule has 0 bridgehead atoms. The van der Waals surface area contributed by atoms with E-state index in [0.717, 1.165) is 17.1 Å². The maximum absolute atomic E-state index is 11.2. The number of nitrogens with zero attached hydrogens (tertiary/aromatic N) is 4. The molecule has 0 aromatic heterocycles. The van der Waals surface area contributed by atoms with Gasteiger partial charge < -0.3 is 19.3 Å². The van der Waals surface area contributed by atoms with Crippen LogP contribution in [0.25, 0.3) is 11.5 Å². The van der Waals surface area contributed by atoms with Crippen LogP contribution in [-0.4, -0.2) is 46.8 Å². The summed E-state index contributed by atoms with van der Waals surface area (Å²) in [6, 6.07) is 8.64. The summed E-state index contributed by atoms with van der Waals surface area (Å²) in [5.41, 5.74) is 1.87. The molecule has 130 valence electrons. The molecule has 1 unspecified atom stereocenters. The van der Waals surface area contributed by atoms with Crippen LogP contribution >= 0.6 is 0 Å². The molecule has 1 aromatic carbocycles. The second-order valence-corrected chi connectivity index (χ2v) is 5.98. The lowest BCUT2D eigenvalue weighted by Crippen LogP contribution is -2.12. The molecule has 0 saturated carbocycles. The van der Waals surface area contributed by atoms with Gasteiger partial charge in [0, 0.05) is 25.9 Å². The lowest BCUT2D eigenvalue weighted by molar-refractivity contribution is 0.0696.